The summed E-state index contributed by atoms with van der Waals surface area (Å²) in [7, 11) is 0. The monoisotopic (exact) mass is 310 g/mol. The smallest absolute Gasteiger partial charge is 0.327 e. The molecular weight excluding hydrogens is 284 g/mol. The number of ether oxygens (including phenoxy) is 2. The van der Waals surface area contributed by atoms with Gasteiger partial charge in [-0.05, 0) is 32.1 Å². The van der Waals surface area contributed by atoms with Crippen molar-refractivity contribution >= 4 is 11.9 Å². The van der Waals surface area contributed by atoms with Crippen molar-refractivity contribution in [3.63, 3.8) is 0 Å². The lowest BCUT2D eigenvalue weighted by atomic mass is 9.91. The standard InChI is InChI=1S/C16H26N2O4/c17-13-8-9-14(19)21-16(22-15(13)20)10-4-5-11-18(16)12-6-2-1-3-7-12/h12-13H,1-11,17H2/t13-,16?/m1/s1. The number of rotatable bonds is 1. The quantitative estimate of drug-likeness (QED) is 0.742. The van der Waals surface area contributed by atoms with Crippen LogP contribution in [0.4, 0.5) is 0 Å². The number of carbonyl (C=O) groups is 2. The van der Waals surface area contributed by atoms with Gasteiger partial charge in [0.2, 0.25) is 0 Å². The van der Waals surface area contributed by atoms with E-state index in [1.165, 1.54) is 19.3 Å². The summed E-state index contributed by atoms with van der Waals surface area (Å²) in [5.74, 6) is -1.98. The second kappa shape index (κ2) is 6.54. The molecule has 6 heteroatoms. The Kier molecular flexibility index (Phi) is 4.68. The van der Waals surface area contributed by atoms with Gasteiger partial charge in [-0.3, -0.25) is 9.59 Å². The van der Waals surface area contributed by atoms with Gasteiger partial charge < -0.3 is 15.2 Å². The van der Waals surface area contributed by atoms with Crippen molar-refractivity contribution in [2.75, 3.05) is 6.54 Å². The Morgan fingerprint density at radius 2 is 1.77 bits per heavy atom. The predicted molar refractivity (Wildman–Crippen MR) is 79.6 cm³/mol. The summed E-state index contributed by atoms with van der Waals surface area (Å²) >= 11 is 0. The van der Waals surface area contributed by atoms with Crippen LogP contribution < -0.4 is 5.73 Å². The summed E-state index contributed by atoms with van der Waals surface area (Å²) in [6.45, 7) is 0.806. The maximum Gasteiger partial charge on any atom is 0.327 e. The molecule has 1 saturated carbocycles. The molecule has 0 amide bonds. The van der Waals surface area contributed by atoms with E-state index in [9.17, 15) is 9.59 Å². The molecule has 2 heterocycles. The number of hydrogen-bond acceptors (Lipinski definition) is 6. The van der Waals surface area contributed by atoms with Crippen LogP contribution in [0.3, 0.4) is 0 Å². The minimum atomic E-state index is -1.22. The second-order valence-corrected chi connectivity index (χ2v) is 6.70. The third-order valence-electron chi connectivity index (χ3n) is 5.09. The van der Waals surface area contributed by atoms with Crippen molar-refractivity contribution in [3.8, 4) is 0 Å². The lowest BCUT2D eigenvalue weighted by Crippen LogP contribution is -2.62. The van der Waals surface area contributed by atoms with Crippen molar-refractivity contribution in [1.29, 1.82) is 0 Å². The van der Waals surface area contributed by atoms with Gasteiger partial charge in [-0.1, -0.05) is 19.3 Å². The molecule has 3 fully saturated rings. The normalized spacial score (nSPS) is 35.6. The molecule has 6 nitrogen and oxygen atoms in total. The number of nitrogens with zero attached hydrogens (tertiary/aromatic N) is 1. The minimum absolute atomic E-state index is 0.177. The van der Waals surface area contributed by atoms with Gasteiger partial charge in [-0.2, -0.15) is 0 Å². The highest BCUT2D eigenvalue weighted by atomic mass is 16.8. The van der Waals surface area contributed by atoms with Gasteiger partial charge in [-0.25, -0.2) is 4.90 Å². The van der Waals surface area contributed by atoms with Crippen molar-refractivity contribution in [3.05, 3.63) is 0 Å². The molecule has 0 aromatic carbocycles. The summed E-state index contributed by atoms with van der Waals surface area (Å²) in [5.41, 5.74) is 5.82. The zero-order valence-electron chi connectivity index (χ0n) is 13.1. The Labute approximate surface area is 131 Å². The summed E-state index contributed by atoms with van der Waals surface area (Å²) in [5, 5.41) is 0. The van der Waals surface area contributed by atoms with Crippen molar-refractivity contribution < 1.29 is 19.1 Å². The van der Waals surface area contributed by atoms with E-state index < -0.39 is 17.9 Å². The van der Waals surface area contributed by atoms with Crippen molar-refractivity contribution in [1.82, 2.24) is 4.90 Å². The molecule has 0 bridgehead atoms. The molecule has 2 atom stereocenters. The molecule has 124 valence electrons. The molecule has 22 heavy (non-hydrogen) atoms. The molecule has 1 unspecified atom stereocenters. The molecule has 2 aliphatic heterocycles. The van der Waals surface area contributed by atoms with E-state index >= 15 is 0 Å². The van der Waals surface area contributed by atoms with Crippen LogP contribution >= 0.6 is 0 Å². The highest BCUT2D eigenvalue weighted by Gasteiger charge is 2.50. The van der Waals surface area contributed by atoms with Gasteiger partial charge in [0.25, 0.3) is 0 Å². The van der Waals surface area contributed by atoms with E-state index in [4.69, 9.17) is 15.2 Å². The third-order valence-corrected chi connectivity index (χ3v) is 5.09. The predicted octanol–water partition coefficient (Wildman–Crippen LogP) is 1.67. The van der Waals surface area contributed by atoms with E-state index in [0.717, 1.165) is 32.2 Å². The first kappa shape index (κ1) is 15.7. The van der Waals surface area contributed by atoms with Crippen LogP contribution in [0.25, 0.3) is 0 Å². The van der Waals surface area contributed by atoms with Gasteiger partial charge in [0.05, 0.1) is 0 Å². The lowest BCUT2D eigenvalue weighted by Gasteiger charge is -2.49. The minimum Gasteiger partial charge on any atom is -0.408 e. The van der Waals surface area contributed by atoms with Crippen LogP contribution in [-0.2, 0) is 19.1 Å². The molecule has 2 N–H and O–H groups in total. The Morgan fingerprint density at radius 1 is 1.00 bits per heavy atom. The van der Waals surface area contributed by atoms with Crippen LogP contribution in [0.1, 0.15) is 64.2 Å². The third kappa shape index (κ3) is 3.13. The first-order valence-electron chi connectivity index (χ1n) is 8.58. The molecule has 3 aliphatic rings. The van der Waals surface area contributed by atoms with Crippen LogP contribution in [-0.4, -0.2) is 41.4 Å². The fourth-order valence-electron chi connectivity index (χ4n) is 3.89. The second-order valence-electron chi connectivity index (χ2n) is 6.70. The summed E-state index contributed by atoms with van der Waals surface area (Å²) in [6, 6.07) is -0.412. The van der Waals surface area contributed by atoms with Gasteiger partial charge in [-0.15, -0.1) is 0 Å². The Morgan fingerprint density at radius 3 is 2.55 bits per heavy atom. The van der Waals surface area contributed by atoms with Crippen LogP contribution in [0.2, 0.25) is 0 Å². The fourth-order valence-corrected chi connectivity index (χ4v) is 3.89. The number of esters is 2. The zero-order chi connectivity index (χ0) is 15.6. The van der Waals surface area contributed by atoms with Gasteiger partial charge in [0, 0.05) is 25.4 Å². The lowest BCUT2D eigenvalue weighted by molar-refractivity contribution is -0.312. The number of hydrogen-bond donors (Lipinski definition) is 1. The Bertz CT molecular complexity index is 436. The first-order chi connectivity index (χ1) is 10.6. The molecule has 1 spiro atoms. The van der Waals surface area contributed by atoms with Gasteiger partial charge >= 0.3 is 17.8 Å². The van der Waals surface area contributed by atoms with E-state index in [2.05, 4.69) is 4.90 Å². The first-order valence-corrected chi connectivity index (χ1v) is 8.58. The van der Waals surface area contributed by atoms with Crippen molar-refractivity contribution in [2.24, 2.45) is 5.73 Å². The van der Waals surface area contributed by atoms with E-state index in [-0.39, 0.29) is 18.8 Å². The number of carbonyl (C=O) groups excluding carboxylic acids is 2. The molecule has 0 aromatic heterocycles. The largest absolute Gasteiger partial charge is 0.408 e. The maximum atomic E-state index is 12.2. The maximum absolute atomic E-state index is 12.2. The Hall–Kier alpha value is -1.14. The molecule has 3 rings (SSSR count). The SMILES string of the molecule is N[C@@H]1CCC(=O)OC2(CCCCN2C2CCCCC2)OC1=O. The highest BCUT2D eigenvalue weighted by Crippen LogP contribution is 2.38. The molecule has 0 aromatic rings. The topological polar surface area (TPSA) is 81.9 Å². The summed E-state index contributed by atoms with van der Waals surface area (Å²) in [4.78, 5) is 26.4. The average Bonchev–Trinajstić information content (AvgIpc) is 2.53. The molecular formula is C16H26N2O4. The molecule has 2 saturated heterocycles. The number of piperidine rings is 1. The Balaban J connectivity index is 1.86. The zero-order valence-corrected chi connectivity index (χ0v) is 13.1. The van der Waals surface area contributed by atoms with Crippen LogP contribution in [0, 0.1) is 0 Å². The summed E-state index contributed by atoms with van der Waals surface area (Å²) in [6.07, 6.45) is 8.70. The molecule has 0 radical (unpaired) electrons. The van der Waals surface area contributed by atoms with Crippen LogP contribution in [0.5, 0.6) is 0 Å². The van der Waals surface area contributed by atoms with Crippen LogP contribution in [0.15, 0.2) is 0 Å². The van der Waals surface area contributed by atoms with Crippen molar-refractivity contribution in [2.45, 2.75) is 82.2 Å². The van der Waals surface area contributed by atoms with E-state index in [1.807, 2.05) is 0 Å². The van der Waals surface area contributed by atoms with Gasteiger partial charge in [0.15, 0.2) is 0 Å². The van der Waals surface area contributed by atoms with Gasteiger partial charge in [0.1, 0.15) is 6.04 Å². The summed E-state index contributed by atoms with van der Waals surface area (Å²) < 4.78 is 11.4. The fraction of sp³-hybridized carbons (Fsp3) is 0.875. The highest BCUT2D eigenvalue weighted by molar-refractivity contribution is 5.79. The van der Waals surface area contributed by atoms with E-state index in [1.54, 1.807) is 0 Å². The average molecular weight is 310 g/mol. The number of nitrogens with two attached hydrogens (primary N) is 1. The number of likely N-dealkylation sites (tertiary alicyclic amines) is 1. The van der Waals surface area contributed by atoms with E-state index in [0.29, 0.717) is 12.5 Å². The molecule has 1 aliphatic carbocycles.